The van der Waals surface area contributed by atoms with Gasteiger partial charge in [-0.25, -0.2) is 8.42 Å². The lowest BCUT2D eigenvalue weighted by molar-refractivity contribution is 0.107. The number of hydrogen-bond donors (Lipinski definition) is 2. The van der Waals surface area contributed by atoms with Crippen molar-refractivity contribution in [3.05, 3.63) is 0 Å². The van der Waals surface area contributed by atoms with Gasteiger partial charge in [-0.05, 0) is 51.0 Å². The summed E-state index contributed by atoms with van der Waals surface area (Å²) in [5.74, 6) is 1.28. The predicted octanol–water partition coefficient (Wildman–Crippen LogP) is 0.704. The van der Waals surface area contributed by atoms with E-state index in [1.54, 1.807) is 0 Å². The Morgan fingerprint density at radius 2 is 1.82 bits per heavy atom. The van der Waals surface area contributed by atoms with Gasteiger partial charge in [-0.2, -0.15) is 0 Å². The molecule has 5 heteroatoms. The van der Waals surface area contributed by atoms with Gasteiger partial charge < -0.3 is 10.4 Å². The highest BCUT2D eigenvalue weighted by atomic mass is 32.2. The molecule has 0 amide bonds. The quantitative estimate of drug-likeness (QED) is 0.785. The highest BCUT2D eigenvalue weighted by Gasteiger charge is 2.26. The number of nitrogens with one attached hydrogen (secondary N) is 1. The largest absolute Gasteiger partial charge is 0.393 e. The molecule has 0 aromatic rings. The van der Waals surface area contributed by atoms with Crippen LogP contribution < -0.4 is 5.32 Å². The lowest BCUT2D eigenvalue weighted by Gasteiger charge is -2.29. The molecule has 100 valence electrons. The fraction of sp³-hybridized carbons (Fsp3) is 1.00. The lowest BCUT2D eigenvalue weighted by Crippen LogP contribution is -2.42. The molecule has 2 rings (SSSR count). The summed E-state index contributed by atoms with van der Waals surface area (Å²) in [7, 11) is -2.80. The van der Waals surface area contributed by atoms with Crippen molar-refractivity contribution in [1.82, 2.24) is 5.32 Å². The summed E-state index contributed by atoms with van der Waals surface area (Å²) in [5.41, 5.74) is 0. The zero-order chi connectivity index (χ0) is 12.3. The van der Waals surface area contributed by atoms with Crippen molar-refractivity contribution in [2.75, 3.05) is 18.1 Å². The molecule has 1 saturated carbocycles. The monoisotopic (exact) mass is 261 g/mol. The minimum atomic E-state index is -2.80. The Morgan fingerprint density at radius 3 is 2.47 bits per heavy atom. The summed E-state index contributed by atoms with van der Waals surface area (Å²) in [4.78, 5) is 0. The average molecular weight is 261 g/mol. The van der Waals surface area contributed by atoms with Gasteiger partial charge in [0.2, 0.25) is 0 Å². The zero-order valence-electron chi connectivity index (χ0n) is 10.3. The maximum atomic E-state index is 11.5. The minimum Gasteiger partial charge on any atom is -0.393 e. The molecule has 0 radical (unpaired) electrons. The summed E-state index contributed by atoms with van der Waals surface area (Å²) >= 11 is 0. The van der Waals surface area contributed by atoms with Gasteiger partial charge in [0.05, 0.1) is 17.6 Å². The summed E-state index contributed by atoms with van der Waals surface area (Å²) in [6.07, 6.45) is 5.59. The maximum absolute atomic E-state index is 11.5. The van der Waals surface area contributed by atoms with Crippen LogP contribution in [0.5, 0.6) is 0 Å². The molecule has 1 aliphatic heterocycles. The van der Waals surface area contributed by atoms with Crippen LogP contribution in [-0.2, 0) is 9.84 Å². The number of aliphatic hydroxyl groups excluding tert-OH is 1. The standard InChI is InChI=1S/C12H23NO3S/c14-12-5-3-10(4-6-12)8-13-11-2-1-7-17(15,16)9-11/h10-14H,1-9H2. The van der Waals surface area contributed by atoms with Crippen LogP contribution >= 0.6 is 0 Å². The Balaban J connectivity index is 1.71. The van der Waals surface area contributed by atoms with Gasteiger partial charge in [0.25, 0.3) is 0 Å². The smallest absolute Gasteiger partial charge is 0.151 e. The van der Waals surface area contributed by atoms with Crippen LogP contribution in [0.15, 0.2) is 0 Å². The van der Waals surface area contributed by atoms with Crippen molar-refractivity contribution < 1.29 is 13.5 Å². The first kappa shape index (κ1) is 13.3. The first-order valence-corrected chi connectivity index (χ1v) is 8.49. The highest BCUT2D eigenvalue weighted by molar-refractivity contribution is 7.91. The van der Waals surface area contributed by atoms with Crippen LogP contribution in [-0.4, -0.2) is 43.7 Å². The Labute approximate surface area is 104 Å². The molecule has 1 saturated heterocycles. The molecule has 0 bridgehead atoms. The van der Waals surface area contributed by atoms with Crippen molar-refractivity contribution in [1.29, 1.82) is 0 Å². The third kappa shape index (κ3) is 4.23. The molecule has 1 heterocycles. The van der Waals surface area contributed by atoms with Crippen LogP contribution in [0, 0.1) is 5.92 Å². The van der Waals surface area contributed by atoms with Crippen LogP contribution in [0.3, 0.4) is 0 Å². The molecule has 2 aliphatic rings. The molecule has 2 fully saturated rings. The normalized spacial score (nSPS) is 37.8. The van der Waals surface area contributed by atoms with E-state index in [9.17, 15) is 13.5 Å². The Kier molecular flexibility index (Phi) is 4.44. The van der Waals surface area contributed by atoms with E-state index in [0.717, 1.165) is 45.1 Å². The number of sulfone groups is 1. The maximum Gasteiger partial charge on any atom is 0.151 e. The number of hydrogen-bond acceptors (Lipinski definition) is 4. The molecule has 17 heavy (non-hydrogen) atoms. The predicted molar refractivity (Wildman–Crippen MR) is 67.6 cm³/mol. The van der Waals surface area contributed by atoms with E-state index in [0.29, 0.717) is 17.4 Å². The second-order valence-corrected chi connectivity index (χ2v) is 7.77. The number of aliphatic hydroxyl groups is 1. The van der Waals surface area contributed by atoms with Crippen molar-refractivity contribution in [3.8, 4) is 0 Å². The topological polar surface area (TPSA) is 66.4 Å². The number of rotatable bonds is 3. The van der Waals surface area contributed by atoms with Gasteiger partial charge in [-0.15, -0.1) is 0 Å². The average Bonchev–Trinajstić information content (AvgIpc) is 2.27. The third-order valence-corrected chi connectivity index (χ3v) is 5.80. The van der Waals surface area contributed by atoms with E-state index >= 15 is 0 Å². The van der Waals surface area contributed by atoms with E-state index in [1.165, 1.54) is 0 Å². The lowest BCUT2D eigenvalue weighted by atomic mass is 9.87. The van der Waals surface area contributed by atoms with Gasteiger partial charge in [-0.3, -0.25) is 0 Å². The first-order valence-electron chi connectivity index (χ1n) is 6.67. The summed E-state index contributed by atoms with van der Waals surface area (Å²) < 4.78 is 23.0. The van der Waals surface area contributed by atoms with Gasteiger partial charge >= 0.3 is 0 Å². The van der Waals surface area contributed by atoms with Crippen LogP contribution in [0.4, 0.5) is 0 Å². The highest BCUT2D eigenvalue weighted by Crippen LogP contribution is 2.24. The van der Waals surface area contributed by atoms with Gasteiger partial charge in [0.1, 0.15) is 0 Å². The molecule has 2 N–H and O–H groups in total. The van der Waals surface area contributed by atoms with E-state index in [2.05, 4.69) is 5.32 Å². The summed E-state index contributed by atoms with van der Waals surface area (Å²) in [5, 5.41) is 12.8. The van der Waals surface area contributed by atoms with Gasteiger partial charge in [-0.1, -0.05) is 0 Å². The Bertz CT molecular complexity index is 334. The van der Waals surface area contributed by atoms with E-state index in [-0.39, 0.29) is 12.1 Å². The molecular formula is C12H23NO3S. The summed E-state index contributed by atoms with van der Waals surface area (Å²) in [6.45, 7) is 0.910. The van der Waals surface area contributed by atoms with Crippen molar-refractivity contribution >= 4 is 9.84 Å². The Hall–Kier alpha value is -0.130. The molecule has 0 aromatic heterocycles. The molecule has 1 aliphatic carbocycles. The molecule has 0 aromatic carbocycles. The second kappa shape index (κ2) is 5.67. The second-order valence-electron chi connectivity index (χ2n) is 5.54. The van der Waals surface area contributed by atoms with E-state index in [4.69, 9.17) is 0 Å². The van der Waals surface area contributed by atoms with Crippen molar-refractivity contribution in [2.24, 2.45) is 5.92 Å². The molecule has 1 unspecified atom stereocenters. The van der Waals surface area contributed by atoms with E-state index < -0.39 is 9.84 Å². The van der Waals surface area contributed by atoms with Crippen LogP contribution in [0.1, 0.15) is 38.5 Å². The summed E-state index contributed by atoms with van der Waals surface area (Å²) in [6, 6.07) is 0.153. The third-order valence-electron chi connectivity index (χ3n) is 3.97. The zero-order valence-corrected chi connectivity index (χ0v) is 11.1. The SMILES string of the molecule is O=S1(=O)CCCC(NCC2CCC(O)CC2)C1. The van der Waals surface area contributed by atoms with Crippen molar-refractivity contribution in [2.45, 2.75) is 50.7 Å². The first-order chi connectivity index (χ1) is 8.05. The minimum absolute atomic E-state index is 0.110. The molecule has 0 spiro atoms. The van der Waals surface area contributed by atoms with Crippen molar-refractivity contribution in [3.63, 3.8) is 0 Å². The molecular weight excluding hydrogens is 238 g/mol. The van der Waals surface area contributed by atoms with Gasteiger partial charge in [0.15, 0.2) is 9.84 Å². The fourth-order valence-electron chi connectivity index (χ4n) is 2.87. The van der Waals surface area contributed by atoms with Gasteiger partial charge in [0, 0.05) is 6.04 Å². The van der Waals surface area contributed by atoms with Crippen LogP contribution in [0.2, 0.25) is 0 Å². The fourth-order valence-corrected chi connectivity index (χ4v) is 4.54. The molecule has 1 atom stereocenters. The van der Waals surface area contributed by atoms with Crippen LogP contribution in [0.25, 0.3) is 0 Å². The molecule has 4 nitrogen and oxygen atoms in total. The van der Waals surface area contributed by atoms with E-state index in [1.807, 2.05) is 0 Å². The Morgan fingerprint density at radius 1 is 1.12 bits per heavy atom.